The van der Waals surface area contributed by atoms with Crippen molar-refractivity contribution in [3.05, 3.63) is 0 Å². The highest BCUT2D eigenvalue weighted by Gasteiger charge is 2.43. The first-order chi connectivity index (χ1) is 6.68. The second kappa shape index (κ2) is 4.11. The van der Waals surface area contributed by atoms with Gasteiger partial charge >= 0.3 is 0 Å². The molecule has 0 bridgehead atoms. The van der Waals surface area contributed by atoms with Gasteiger partial charge in [-0.2, -0.15) is 0 Å². The summed E-state index contributed by atoms with van der Waals surface area (Å²) in [4.78, 5) is 0. The molecule has 2 atom stereocenters. The van der Waals surface area contributed by atoms with Gasteiger partial charge in [-0.05, 0) is 25.2 Å². The van der Waals surface area contributed by atoms with Crippen molar-refractivity contribution in [1.29, 1.82) is 0 Å². The molecule has 0 radical (unpaired) electrons. The standard InChI is InChI=1S/C10H17F2NO/c11-10(12)4-1-2-9(10)13-6-8-3-5-14-7-8/h8-9,13H,1-7H2. The molecule has 2 rings (SSSR count). The number of halogens is 2. The lowest BCUT2D eigenvalue weighted by Crippen LogP contribution is -2.42. The molecule has 1 aliphatic heterocycles. The van der Waals surface area contributed by atoms with E-state index in [1.165, 1.54) is 0 Å². The molecule has 0 spiro atoms. The highest BCUT2D eigenvalue weighted by Crippen LogP contribution is 2.35. The minimum absolute atomic E-state index is 0.0475. The Bertz CT molecular complexity index is 193. The van der Waals surface area contributed by atoms with Gasteiger partial charge in [0.05, 0.1) is 12.6 Å². The van der Waals surface area contributed by atoms with E-state index in [4.69, 9.17) is 4.74 Å². The molecule has 1 saturated carbocycles. The minimum atomic E-state index is -2.49. The molecule has 0 aromatic rings. The molecule has 2 aliphatic rings. The van der Waals surface area contributed by atoms with E-state index < -0.39 is 12.0 Å². The van der Waals surface area contributed by atoms with Crippen molar-refractivity contribution in [3.8, 4) is 0 Å². The van der Waals surface area contributed by atoms with Crippen LogP contribution in [0.1, 0.15) is 25.7 Å². The zero-order valence-electron chi connectivity index (χ0n) is 8.27. The number of alkyl halides is 2. The van der Waals surface area contributed by atoms with Crippen LogP contribution in [0.15, 0.2) is 0 Å². The maximum atomic E-state index is 13.2. The summed E-state index contributed by atoms with van der Waals surface area (Å²) >= 11 is 0. The van der Waals surface area contributed by atoms with Crippen molar-refractivity contribution >= 4 is 0 Å². The molecule has 1 aliphatic carbocycles. The van der Waals surface area contributed by atoms with Gasteiger partial charge in [-0.1, -0.05) is 0 Å². The Hall–Kier alpha value is -0.220. The summed E-state index contributed by atoms with van der Waals surface area (Å²) in [7, 11) is 0. The van der Waals surface area contributed by atoms with E-state index in [1.54, 1.807) is 0 Å². The largest absolute Gasteiger partial charge is 0.381 e. The van der Waals surface area contributed by atoms with Crippen LogP contribution in [0, 0.1) is 5.92 Å². The fourth-order valence-electron chi connectivity index (χ4n) is 2.23. The molecule has 2 fully saturated rings. The molecule has 1 heterocycles. The molecule has 1 saturated heterocycles. The maximum absolute atomic E-state index is 13.2. The smallest absolute Gasteiger partial charge is 0.263 e. The summed E-state index contributed by atoms with van der Waals surface area (Å²) in [6.45, 7) is 2.19. The lowest BCUT2D eigenvalue weighted by Gasteiger charge is -2.21. The second-order valence-electron chi connectivity index (χ2n) is 4.34. The van der Waals surface area contributed by atoms with Crippen LogP contribution in [0.3, 0.4) is 0 Å². The van der Waals surface area contributed by atoms with Crippen LogP contribution in [-0.4, -0.2) is 31.7 Å². The molecule has 2 unspecified atom stereocenters. The first-order valence-corrected chi connectivity index (χ1v) is 5.37. The Morgan fingerprint density at radius 1 is 1.36 bits per heavy atom. The fraction of sp³-hybridized carbons (Fsp3) is 1.00. The summed E-state index contributed by atoms with van der Waals surface area (Å²) in [5, 5.41) is 2.98. The number of hydrogen-bond acceptors (Lipinski definition) is 2. The van der Waals surface area contributed by atoms with Crippen LogP contribution >= 0.6 is 0 Å². The maximum Gasteiger partial charge on any atom is 0.263 e. The molecule has 4 heteroatoms. The molecule has 82 valence electrons. The van der Waals surface area contributed by atoms with Crippen LogP contribution in [-0.2, 0) is 4.74 Å². The summed E-state index contributed by atoms with van der Waals surface area (Å²) < 4.78 is 31.6. The summed E-state index contributed by atoms with van der Waals surface area (Å²) in [6.07, 6.45) is 2.31. The molecule has 0 aromatic heterocycles. The Morgan fingerprint density at radius 3 is 2.79 bits per heavy atom. The van der Waals surface area contributed by atoms with Crippen LogP contribution < -0.4 is 5.32 Å². The first-order valence-electron chi connectivity index (χ1n) is 5.37. The quantitative estimate of drug-likeness (QED) is 0.758. The van der Waals surface area contributed by atoms with Gasteiger partial charge in [0.25, 0.3) is 5.92 Å². The van der Waals surface area contributed by atoms with Crippen molar-refractivity contribution in [3.63, 3.8) is 0 Å². The third-order valence-corrected chi connectivity index (χ3v) is 3.19. The molecule has 1 N–H and O–H groups in total. The lowest BCUT2D eigenvalue weighted by atomic mass is 10.1. The monoisotopic (exact) mass is 205 g/mol. The third-order valence-electron chi connectivity index (χ3n) is 3.19. The molecule has 14 heavy (non-hydrogen) atoms. The van der Waals surface area contributed by atoms with Crippen molar-refractivity contribution in [2.75, 3.05) is 19.8 Å². The number of hydrogen-bond donors (Lipinski definition) is 1. The van der Waals surface area contributed by atoms with Crippen molar-refractivity contribution in [2.45, 2.75) is 37.6 Å². The fourth-order valence-corrected chi connectivity index (χ4v) is 2.23. The summed E-state index contributed by atoms with van der Waals surface area (Å²) in [5.74, 6) is -2.05. The third kappa shape index (κ3) is 2.23. The van der Waals surface area contributed by atoms with Crippen molar-refractivity contribution < 1.29 is 13.5 Å². The Morgan fingerprint density at radius 2 is 2.21 bits per heavy atom. The highest BCUT2D eigenvalue weighted by molar-refractivity contribution is 4.90. The van der Waals surface area contributed by atoms with E-state index in [0.29, 0.717) is 25.3 Å². The van der Waals surface area contributed by atoms with Crippen LogP contribution in [0.4, 0.5) is 8.78 Å². The zero-order valence-corrected chi connectivity index (χ0v) is 8.27. The van der Waals surface area contributed by atoms with Gasteiger partial charge in [0.2, 0.25) is 0 Å². The minimum Gasteiger partial charge on any atom is -0.381 e. The molecule has 0 amide bonds. The molecule has 2 nitrogen and oxygen atoms in total. The average molecular weight is 205 g/mol. The predicted molar refractivity (Wildman–Crippen MR) is 49.5 cm³/mol. The van der Waals surface area contributed by atoms with E-state index in [1.807, 2.05) is 0 Å². The second-order valence-corrected chi connectivity index (χ2v) is 4.34. The van der Waals surface area contributed by atoms with Gasteiger partial charge in [-0.15, -0.1) is 0 Å². The van der Waals surface area contributed by atoms with E-state index in [0.717, 1.165) is 19.6 Å². The Kier molecular flexibility index (Phi) is 3.02. The predicted octanol–water partition coefficient (Wildman–Crippen LogP) is 1.80. The lowest BCUT2D eigenvalue weighted by molar-refractivity contribution is -0.0188. The Balaban J connectivity index is 1.74. The van der Waals surface area contributed by atoms with Gasteiger partial charge in [0, 0.05) is 19.6 Å². The first kappa shape index (κ1) is 10.3. The van der Waals surface area contributed by atoms with Crippen LogP contribution in [0.2, 0.25) is 0 Å². The van der Waals surface area contributed by atoms with Crippen LogP contribution in [0.5, 0.6) is 0 Å². The van der Waals surface area contributed by atoms with Crippen molar-refractivity contribution in [2.24, 2.45) is 5.92 Å². The van der Waals surface area contributed by atoms with E-state index in [-0.39, 0.29) is 6.42 Å². The summed E-state index contributed by atoms with van der Waals surface area (Å²) in [6, 6.07) is -0.594. The molecular weight excluding hydrogens is 188 g/mol. The average Bonchev–Trinajstić information content (AvgIpc) is 2.71. The normalized spacial score (nSPS) is 36.4. The van der Waals surface area contributed by atoms with Gasteiger partial charge in [-0.25, -0.2) is 8.78 Å². The number of ether oxygens (including phenoxy) is 1. The highest BCUT2D eigenvalue weighted by atomic mass is 19.3. The van der Waals surface area contributed by atoms with Gasteiger partial charge in [0.1, 0.15) is 0 Å². The number of rotatable bonds is 3. The Labute approximate surface area is 83.0 Å². The van der Waals surface area contributed by atoms with Crippen molar-refractivity contribution in [1.82, 2.24) is 5.32 Å². The summed E-state index contributed by atoms with van der Waals surface area (Å²) in [5.41, 5.74) is 0. The van der Waals surface area contributed by atoms with Gasteiger partial charge in [0.15, 0.2) is 0 Å². The van der Waals surface area contributed by atoms with Gasteiger partial charge in [-0.3, -0.25) is 0 Å². The van der Waals surface area contributed by atoms with E-state index in [9.17, 15) is 8.78 Å². The number of nitrogens with one attached hydrogen (secondary N) is 1. The van der Waals surface area contributed by atoms with E-state index in [2.05, 4.69) is 5.32 Å². The SMILES string of the molecule is FC1(F)CCCC1NCC1CCOC1. The molecule has 0 aromatic carbocycles. The van der Waals surface area contributed by atoms with Gasteiger partial charge < -0.3 is 10.1 Å². The van der Waals surface area contributed by atoms with E-state index >= 15 is 0 Å². The topological polar surface area (TPSA) is 21.3 Å². The zero-order chi connectivity index (χ0) is 10.0. The van der Waals surface area contributed by atoms with Crippen LogP contribution in [0.25, 0.3) is 0 Å². The molecular formula is C10H17F2NO.